The Bertz CT molecular complexity index is 2810. The second-order valence-electron chi connectivity index (χ2n) is 14.5. The fourth-order valence-electron chi connectivity index (χ4n) is 8.68. The Kier molecular flexibility index (Phi) is 7.19. The Balaban J connectivity index is 1.33. The van der Waals surface area contributed by atoms with Crippen LogP contribution in [0.1, 0.15) is 25.0 Å². The van der Waals surface area contributed by atoms with E-state index >= 15 is 0 Å². The number of para-hydroxylation sites is 2. The number of hydrogen-bond acceptors (Lipinski definition) is 2. The van der Waals surface area contributed by atoms with Crippen molar-refractivity contribution < 1.29 is 4.42 Å². The smallest absolute Gasteiger partial charge is 0.159 e. The van der Waals surface area contributed by atoms with E-state index in [1.165, 1.54) is 44.5 Å². The molecule has 1 aromatic heterocycles. The molecule has 0 radical (unpaired) electrons. The molecule has 1 heterocycles. The van der Waals surface area contributed by atoms with E-state index in [-0.39, 0.29) is 5.41 Å². The van der Waals surface area contributed by atoms with Gasteiger partial charge < -0.3 is 9.32 Å². The van der Waals surface area contributed by atoms with Crippen molar-refractivity contribution in [2.45, 2.75) is 19.3 Å². The molecule has 0 saturated carbocycles. The quantitative estimate of drug-likeness (QED) is 0.174. The van der Waals surface area contributed by atoms with Gasteiger partial charge in [0.15, 0.2) is 5.58 Å². The predicted molar refractivity (Wildman–Crippen MR) is 222 cm³/mol. The summed E-state index contributed by atoms with van der Waals surface area (Å²) in [6.07, 6.45) is 0. The molecule has 0 saturated heterocycles. The van der Waals surface area contributed by atoms with E-state index in [0.29, 0.717) is 0 Å². The number of rotatable bonds is 6. The van der Waals surface area contributed by atoms with Crippen molar-refractivity contribution in [3.63, 3.8) is 0 Å². The Morgan fingerprint density at radius 1 is 0.415 bits per heavy atom. The molecule has 1 aliphatic rings. The third-order valence-electron chi connectivity index (χ3n) is 11.0. The van der Waals surface area contributed by atoms with Crippen LogP contribution >= 0.6 is 0 Å². The van der Waals surface area contributed by atoms with Crippen LogP contribution in [0.2, 0.25) is 0 Å². The molecule has 2 heteroatoms. The van der Waals surface area contributed by atoms with Gasteiger partial charge in [0.2, 0.25) is 0 Å². The first kappa shape index (κ1) is 31.1. The Hall–Kier alpha value is -6.64. The van der Waals surface area contributed by atoms with Crippen molar-refractivity contribution in [3.8, 4) is 44.5 Å². The highest BCUT2D eigenvalue weighted by molar-refractivity contribution is 6.11. The van der Waals surface area contributed by atoms with Crippen LogP contribution in [0.4, 0.5) is 17.1 Å². The Labute approximate surface area is 310 Å². The molecule has 10 rings (SSSR count). The van der Waals surface area contributed by atoms with Gasteiger partial charge in [-0.05, 0) is 80.4 Å². The maximum Gasteiger partial charge on any atom is 0.159 e. The highest BCUT2D eigenvalue weighted by Gasteiger charge is 2.39. The van der Waals surface area contributed by atoms with Crippen LogP contribution in [-0.4, -0.2) is 0 Å². The van der Waals surface area contributed by atoms with Gasteiger partial charge in [-0.1, -0.05) is 172 Å². The second kappa shape index (κ2) is 12.3. The predicted octanol–water partition coefficient (Wildman–Crippen LogP) is 14.4. The summed E-state index contributed by atoms with van der Waals surface area (Å²) in [7, 11) is 0. The summed E-state index contributed by atoms with van der Waals surface area (Å²) in [5.41, 5.74) is 17.0. The van der Waals surface area contributed by atoms with E-state index in [9.17, 15) is 0 Å². The topological polar surface area (TPSA) is 16.4 Å². The lowest BCUT2D eigenvalue weighted by atomic mass is 9.81. The van der Waals surface area contributed by atoms with Crippen molar-refractivity contribution in [2.75, 3.05) is 4.90 Å². The molecular weight excluding hydrogens is 643 g/mol. The maximum atomic E-state index is 6.84. The largest absolute Gasteiger partial charge is 0.454 e. The van der Waals surface area contributed by atoms with Crippen molar-refractivity contribution in [1.29, 1.82) is 0 Å². The zero-order valence-corrected chi connectivity index (χ0v) is 29.8. The van der Waals surface area contributed by atoms with Gasteiger partial charge >= 0.3 is 0 Å². The molecular formula is C51H37NO. The fraction of sp³-hybridized carbons (Fsp3) is 0.0588. The fourth-order valence-corrected chi connectivity index (χ4v) is 8.68. The first-order valence-electron chi connectivity index (χ1n) is 18.4. The molecule has 53 heavy (non-hydrogen) atoms. The lowest BCUT2D eigenvalue weighted by Gasteiger charge is -2.34. The first-order valence-corrected chi connectivity index (χ1v) is 18.4. The van der Waals surface area contributed by atoms with Gasteiger partial charge in [0.05, 0.1) is 17.1 Å². The summed E-state index contributed by atoms with van der Waals surface area (Å²) in [6.45, 7) is 4.73. The summed E-state index contributed by atoms with van der Waals surface area (Å²) >= 11 is 0. The summed E-state index contributed by atoms with van der Waals surface area (Å²) in [6, 6.07) is 67.8. The second-order valence-corrected chi connectivity index (χ2v) is 14.5. The minimum Gasteiger partial charge on any atom is -0.454 e. The normalized spacial score (nSPS) is 12.9. The van der Waals surface area contributed by atoms with Crippen LogP contribution in [-0.2, 0) is 5.41 Å². The van der Waals surface area contributed by atoms with Crippen LogP contribution < -0.4 is 4.90 Å². The van der Waals surface area contributed by atoms with Crippen LogP contribution in [0.5, 0.6) is 0 Å². The zero-order chi connectivity index (χ0) is 35.5. The van der Waals surface area contributed by atoms with E-state index < -0.39 is 0 Å². The third kappa shape index (κ3) is 4.94. The summed E-state index contributed by atoms with van der Waals surface area (Å²) in [5.74, 6) is 0. The molecule has 0 amide bonds. The van der Waals surface area contributed by atoms with Crippen molar-refractivity contribution in [3.05, 3.63) is 199 Å². The Morgan fingerprint density at radius 3 is 1.81 bits per heavy atom. The van der Waals surface area contributed by atoms with Gasteiger partial charge in [-0.25, -0.2) is 0 Å². The molecule has 0 bridgehead atoms. The van der Waals surface area contributed by atoms with E-state index in [4.69, 9.17) is 4.42 Å². The monoisotopic (exact) mass is 679 g/mol. The number of nitrogens with zero attached hydrogens (tertiary/aromatic N) is 1. The van der Waals surface area contributed by atoms with Gasteiger partial charge in [-0.2, -0.15) is 0 Å². The molecule has 0 spiro atoms. The van der Waals surface area contributed by atoms with Gasteiger partial charge in [0.25, 0.3) is 0 Å². The van der Waals surface area contributed by atoms with E-state index in [2.05, 4.69) is 201 Å². The van der Waals surface area contributed by atoms with E-state index in [1.54, 1.807) is 0 Å². The average Bonchev–Trinajstić information content (AvgIpc) is 3.72. The van der Waals surface area contributed by atoms with Crippen molar-refractivity contribution in [1.82, 2.24) is 0 Å². The molecule has 0 unspecified atom stereocenters. The molecule has 0 N–H and O–H groups in total. The molecule has 9 aromatic rings. The minimum absolute atomic E-state index is 0.243. The average molecular weight is 680 g/mol. The van der Waals surface area contributed by atoms with E-state index in [0.717, 1.165) is 50.1 Å². The highest BCUT2D eigenvalue weighted by atomic mass is 16.3. The number of anilines is 3. The summed E-state index contributed by atoms with van der Waals surface area (Å²) in [5, 5.41) is 2.22. The van der Waals surface area contributed by atoms with Crippen LogP contribution in [0.25, 0.3) is 66.4 Å². The highest BCUT2D eigenvalue weighted by Crippen LogP contribution is 2.56. The van der Waals surface area contributed by atoms with Crippen molar-refractivity contribution in [2.24, 2.45) is 0 Å². The molecule has 0 atom stereocenters. The van der Waals surface area contributed by atoms with Gasteiger partial charge in [-0.3, -0.25) is 0 Å². The van der Waals surface area contributed by atoms with Gasteiger partial charge in [0, 0.05) is 21.8 Å². The standard InChI is InChI=1S/C51H37NO/c1-51(2)43-28-11-9-23-39(43)41-26-15-30-45(49(41)51)52(46-31-16-27-42-40-24-10-12-32-47(40)53-50(42)46)44-29-14-25-38(35-19-7-4-8-20-35)48(44)37-22-13-21-36(33-37)34-17-5-3-6-18-34/h3-33H,1-2H3. The molecule has 2 nitrogen and oxygen atoms in total. The van der Waals surface area contributed by atoms with Gasteiger partial charge in [-0.15, -0.1) is 0 Å². The first-order chi connectivity index (χ1) is 26.1. The minimum atomic E-state index is -0.243. The Morgan fingerprint density at radius 2 is 0.981 bits per heavy atom. The van der Waals surface area contributed by atoms with Crippen LogP contribution in [0.3, 0.4) is 0 Å². The summed E-state index contributed by atoms with van der Waals surface area (Å²) in [4.78, 5) is 2.48. The number of fused-ring (bicyclic) bond motifs is 6. The number of hydrogen-bond donors (Lipinski definition) is 0. The summed E-state index contributed by atoms with van der Waals surface area (Å²) < 4.78 is 6.84. The van der Waals surface area contributed by atoms with Crippen molar-refractivity contribution >= 4 is 39.0 Å². The maximum absolute atomic E-state index is 6.84. The number of benzene rings is 8. The molecule has 1 aliphatic carbocycles. The van der Waals surface area contributed by atoms with E-state index in [1.807, 2.05) is 6.07 Å². The van der Waals surface area contributed by atoms with Crippen LogP contribution in [0, 0.1) is 0 Å². The number of furan rings is 1. The van der Waals surface area contributed by atoms with Crippen LogP contribution in [0.15, 0.2) is 192 Å². The third-order valence-corrected chi connectivity index (χ3v) is 11.0. The molecule has 0 aliphatic heterocycles. The SMILES string of the molecule is CC1(C)c2ccccc2-c2cccc(N(c3cccc(-c4ccccc4)c3-c3cccc(-c4ccccc4)c3)c3cccc4c3oc3ccccc34)c21. The zero-order valence-electron chi connectivity index (χ0n) is 29.8. The lowest BCUT2D eigenvalue weighted by molar-refractivity contribution is 0.659. The molecule has 8 aromatic carbocycles. The van der Waals surface area contributed by atoms with Gasteiger partial charge in [0.1, 0.15) is 5.58 Å². The lowest BCUT2D eigenvalue weighted by Crippen LogP contribution is -2.21. The molecule has 0 fully saturated rings. The molecule has 252 valence electrons.